The lowest BCUT2D eigenvalue weighted by Crippen LogP contribution is -2.17. The van der Waals surface area contributed by atoms with Crippen molar-refractivity contribution in [1.29, 1.82) is 0 Å². The summed E-state index contributed by atoms with van der Waals surface area (Å²) in [5.41, 5.74) is 9.27. The van der Waals surface area contributed by atoms with Crippen LogP contribution in [0.4, 0.5) is 5.82 Å². The molecular weight excluding hydrogens is 294 g/mol. The van der Waals surface area contributed by atoms with Gasteiger partial charge in [-0.05, 0) is 47.3 Å². The van der Waals surface area contributed by atoms with E-state index >= 15 is 0 Å². The van der Waals surface area contributed by atoms with Crippen molar-refractivity contribution in [2.45, 2.75) is 25.7 Å². The predicted molar refractivity (Wildman–Crippen MR) is 74.8 cm³/mol. The van der Waals surface area contributed by atoms with Crippen LogP contribution in [0.5, 0.6) is 0 Å². The lowest BCUT2D eigenvalue weighted by atomic mass is 9.99. The molecule has 0 bridgehead atoms. The molecule has 0 saturated carbocycles. The second-order valence-corrected chi connectivity index (χ2v) is 5.68. The lowest BCUT2D eigenvalue weighted by molar-refractivity contribution is 0.0796. The summed E-state index contributed by atoms with van der Waals surface area (Å²) in [7, 11) is 0. The second-order valence-electron chi connectivity index (χ2n) is 4.83. The average Bonchev–Trinajstić information content (AvgIpc) is 2.69. The van der Waals surface area contributed by atoms with Gasteiger partial charge in [-0.3, -0.25) is 4.40 Å². The van der Waals surface area contributed by atoms with Gasteiger partial charge >= 0.3 is 0 Å². The number of halogens is 1. The number of pyridine rings is 1. The van der Waals surface area contributed by atoms with E-state index in [0.717, 1.165) is 47.7 Å². The van der Waals surface area contributed by atoms with E-state index in [1.54, 1.807) is 0 Å². The third-order valence-electron chi connectivity index (χ3n) is 3.52. The molecule has 3 heterocycles. The van der Waals surface area contributed by atoms with Crippen molar-refractivity contribution in [2.75, 3.05) is 18.9 Å². The van der Waals surface area contributed by atoms with Crippen molar-refractivity contribution in [3.05, 3.63) is 28.0 Å². The SMILES string of the molecule is Cc1cc2nc(C3CCCOC3)c(N)n2cc1Br. The Morgan fingerprint density at radius 2 is 2.39 bits per heavy atom. The molecule has 5 heteroatoms. The Bertz CT molecular complexity index is 587. The fourth-order valence-corrected chi connectivity index (χ4v) is 2.77. The zero-order valence-corrected chi connectivity index (χ0v) is 11.9. The van der Waals surface area contributed by atoms with Gasteiger partial charge in [-0.2, -0.15) is 0 Å². The Hall–Kier alpha value is -1.07. The highest BCUT2D eigenvalue weighted by Crippen LogP contribution is 2.31. The van der Waals surface area contributed by atoms with Crippen LogP contribution in [0.1, 0.15) is 30.0 Å². The fraction of sp³-hybridized carbons (Fsp3) is 0.462. The first-order valence-electron chi connectivity index (χ1n) is 6.18. The number of anilines is 1. The van der Waals surface area contributed by atoms with Crippen LogP contribution >= 0.6 is 15.9 Å². The maximum absolute atomic E-state index is 6.21. The van der Waals surface area contributed by atoms with Gasteiger partial charge < -0.3 is 10.5 Å². The zero-order chi connectivity index (χ0) is 12.7. The monoisotopic (exact) mass is 309 g/mol. The van der Waals surface area contributed by atoms with E-state index in [4.69, 9.17) is 10.5 Å². The number of rotatable bonds is 1. The number of imidazole rings is 1. The molecule has 3 rings (SSSR count). The number of fused-ring (bicyclic) bond motifs is 1. The number of hydrogen-bond donors (Lipinski definition) is 1. The van der Waals surface area contributed by atoms with Gasteiger partial charge in [0.1, 0.15) is 11.5 Å². The Balaban J connectivity index is 2.10. The molecule has 1 aliphatic rings. The Kier molecular flexibility index (Phi) is 3.03. The van der Waals surface area contributed by atoms with Crippen LogP contribution in [0.3, 0.4) is 0 Å². The molecule has 4 nitrogen and oxygen atoms in total. The third kappa shape index (κ3) is 1.91. The number of aryl methyl sites for hydroxylation is 1. The molecule has 0 aromatic carbocycles. The van der Waals surface area contributed by atoms with Crippen molar-refractivity contribution in [1.82, 2.24) is 9.38 Å². The van der Waals surface area contributed by atoms with E-state index < -0.39 is 0 Å². The van der Waals surface area contributed by atoms with Gasteiger partial charge in [0.05, 0.1) is 12.3 Å². The number of aromatic nitrogens is 2. The van der Waals surface area contributed by atoms with Gasteiger partial charge in [0, 0.05) is 23.2 Å². The van der Waals surface area contributed by atoms with Crippen molar-refractivity contribution in [2.24, 2.45) is 0 Å². The van der Waals surface area contributed by atoms with Crippen molar-refractivity contribution >= 4 is 27.4 Å². The molecule has 1 unspecified atom stereocenters. The van der Waals surface area contributed by atoms with Crippen LogP contribution in [0, 0.1) is 6.92 Å². The van der Waals surface area contributed by atoms with Gasteiger partial charge in [-0.25, -0.2) is 4.98 Å². The summed E-state index contributed by atoms with van der Waals surface area (Å²) in [5, 5.41) is 0. The molecule has 2 aromatic heterocycles. The molecular formula is C13H16BrN3O. The Morgan fingerprint density at radius 3 is 3.11 bits per heavy atom. The first-order chi connectivity index (χ1) is 8.66. The Morgan fingerprint density at radius 1 is 1.56 bits per heavy atom. The van der Waals surface area contributed by atoms with E-state index in [0.29, 0.717) is 5.92 Å². The minimum Gasteiger partial charge on any atom is -0.383 e. The fourth-order valence-electron chi connectivity index (χ4n) is 2.45. The summed E-state index contributed by atoms with van der Waals surface area (Å²) in [6, 6.07) is 2.05. The first kappa shape index (κ1) is 12.0. The highest BCUT2D eigenvalue weighted by atomic mass is 79.9. The third-order valence-corrected chi connectivity index (χ3v) is 4.35. The largest absolute Gasteiger partial charge is 0.383 e. The van der Waals surface area contributed by atoms with Gasteiger partial charge in [0.25, 0.3) is 0 Å². The van der Waals surface area contributed by atoms with Gasteiger partial charge in [0.15, 0.2) is 0 Å². The van der Waals surface area contributed by atoms with Gasteiger partial charge in [-0.15, -0.1) is 0 Å². The smallest absolute Gasteiger partial charge is 0.139 e. The van der Waals surface area contributed by atoms with Crippen molar-refractivity contribution in [3.63, 3.8) is 0 Å². The van der Waals surface area contributed by atoms with E-state index in [1.807, 2.05) is 16.7 Å². The Labute approximate surface area is 114 Å². The van der Waals surface area contributed by atoms with E-state index in [-0.39, 0.29) is 0 Å². The number of ether oxygens (including phenoxy) is 1. The highest BCUT2D eigenvalue weighted by Gasteiger charge is 2.22. The van der Waals surface area contributed by atoms with Gasteiger partial charge in [0.2, 0.25) is 0 Å². The molecule has 1 aliphatic heterocycles. The molecule has 18 heavy (non-hydrogen) atoms. The molecule has 1 fully saturated rings. The van der Waals surface area contributed by atoms with E-state index in [1.165, 1.54) is 5.56 Å². The van der Waals surface area contributed by atoms with Crippen LogP contribution in [-0.2, 0) is 4.74 Å². The van der Waals surface area contributed by atoms with Crippen molar-refractivity contribution in [3.8, 4) is 0 Å². The molecule has 2 N–H and O–H groups in total. The molecule has 96 valence electrons. The van der Waals surface area contributed by atoms with E-state index in [2.05, 4.69) is 27.8 Å². The lowest BCUT2D eigenvalue weighted by Gasteiger charge is -2.20. The quantitative estimate of drug-likeness (QED) is 0.881. The summed E-state index contributed by atoms with van der Waals surface area (Å²) < 4.78 is 8.51. The van der Waals surface area contributed by atoms with Crippen LogP contribution in [0.2, 0.25) is 0 Å². The summed E-state index contributed by atoms with van der Waals surface area (Å²) >= 11 is 3.53. The van der Waals surface area contributed by atoms with Crippen molar-refractivity contribution < 1.29 is 4.74 Å². The molecule has 1 atom stereocenters. The van der Waals surface area contributed by atoms with Gasteiger partial charge in [-0.1, -0.05) is 0 Å². The maximum atomic E-state index is 6.21. The molecule has 0 aliphatic carbocycles. The summed E-state index contributed by atoms with van der Waals surface area (Å²) in [5.74, 6) is 1.07. The predicted octanol–water partition coefficient (Wildman–Crippen LogP) is 2.88. The minimum absolute atomic E-state index is 0.331. The standard InChI is InChI=1S/C13H16BrN3O/c1-8-5-11-16-12(9-3-2-4-18-7-9)13(15)17(11)6-10(8)14/h5-6,9H,2-4,7,15H2,1H3. The van der Waals surface area contributed by atoms with Crippen LogP contribution in [-0.4, -0.2) is 22.6 Å². The second kappa shape index (κ2) is 4.55. The maximum Gasteiger partial charge on any atom is 0.139 e. The molecule has 0 amide bonds. The number of nitrogens with two attached hydrogens (primary N) is 1. The zero-order valence-electron chi connectivity index (χ0n) is 10.3. The van der Waals surface area contributed by atoms with Crippen LogP contribution in [0.15, 0.2) is 16.7 Å². The molecule has 0 radical (unpaired) electrons. The van der Waals surface area contributed by atoms with Crippen LogP contribution < -0.4 is 5.73 Å². The summed E-state index contributed by atoms with van der Waals surface area (Å²) in [6.45, 7) is 3.64. The number of nitrogen functional groups attached to an aromatic ring is 1. The highest BCUT2D eigenvalue weighted by molar-refractivity contribution is 9.10. The normalized spacial score (nSPS) is 20.4. The average molecular weight is 310 g/mol. The minimum atomic E-state index is 0.331. The molecule has 1 saturated heterocycles. The van der Waals surface area contributed by atoms with E-state index in [9.17, 15) is 0 Å². The number of nitrogens with zero attached hydrogens (tertiary/aromatic N) is 2. The topological polar surface area (TPSA) is 52.5 Å². The summed E-state index contributed by atoms with van der Waals surface area (Å²) in [4.78, 5) is 4.68. The molecule has 2 aromatic rings. The number of hydrogen-bond acceptors (Lipinski definition) is 3. The molecule has 0 spiro atoms. The summed E-state index contributed by atoms with van der Waals surface area (Å²) in [6.07, 6.45) is 4.18. The first-order valence-corrected chi connectivity index (χ1v) is 6.97. The van der Waals surface area contributed by atoms with Crippen LogP contribution in [0.25, 0.3) is 5.65 Å².